The third kappa shape index (κ3) is 4.54. The van der Waals surface area contributed by atoms with Gasteiger partial charge in [0.25, 0.3) is 10.1 Å². The molecular formula is C17H19NO8S. The highest BCUT2D eigenvalue weighted by Crippen LogP contribution is 2.29. The molecule has 1 aliphatic heterocycles. The average molecular weight is 397 g/mol. The molecule has 0 aliphatic carbocycles. The van der Waals surface area contributed by atoms with Crippen LogP contribution in [0.1, 0.15) is 5.69 Å². The summed E-state index contributed by atoms with van der Waals surface area (Å²) in [5.41, 5.74) is -1.45. The van der Waals surface area contributed by atoms with Gasteiger partial charge in [-0.15, -0.1) is 0 Å². The van der Waals surface area contributed by atoms with Gasteiger partial charge >= 0.3 is 0 Å². The number of aliphatic hydroxyl groups is 2. The smallest absolute Gasteiger partial charge is 0.295 e. The van der Waals surface area contributed by atoms with Crippen molar-refractivity contribution in [1.82, 2.24) is 4.98 Å². The SMILES string of the molecule is Cc1cccc(O[C@@H]2[C@@H](O)[C@H](Oc3ccccc3)OC(S(=O)(=O)O)[C@H]2O)n1. The predicted molar refractivity (Wildman–Crippen MR) is 92.7 cm³/mol. The largest absolute Gasteiger partial charge is 0.468 e. The van der Waals surface area contributed by atoms with Gasteiger partial charge in [-0.05, 0) is 25.1 Å². The lowest BCUT2D eigenvalue weighted by Crippen LogP contribution is -2.62. The standard InChI is InChI=1S/C17H19NO8S/c1-10-6-5-9-12(18-10)25-15-13(19)16(24-11-7-3-2-4-8-11)26-17(14(15)20)27(21,22)23/h2-9,13-17,19-20H,1H3,(H,21,22,23)/t13-,14+,15-,16-,17?/m1/s1. The van der Waals surface area contributed by atoms with E-state index in [-0.39, 0.29) is 5.88 Å². The summed E-state index contributed by atoms with van der Waals surface area (Å²) < 4.78 is 48.7. The molecule has 3 N–H and O–H groups in total. The van der Waals surface area contributed by atoms with Crippen molar-refractivity contribution in [2.75, 3.05) is 0 Å². The van der Waals surface area contributed by atoms with Gasteiger partial charge in [0.05, 0.1) is 0 Å². The third-order valence-corrected chi connectivity index (χ3v) is 4.88. The van der Waals surface area contributed by atoms with Crippen molar-refractivity contribution in [2.45, 2.75) is 37.0 Å². The average Bonchev–Trinajstić information content (AvgIpc) is 2.61. The molecule has 0 radical (unpaired) electrons. The molecule has 1 unspecified atom stereocenters. The van der Waals surface area contributed by atoms with Gasteiger partial charge in [-0.2, -0.15) is 8.42 Å². The summed E-state index contributed by atoms with van der Waals surface area (Å²) in [5, 5.41) is 20.9. The zero-order chi connectivity index (χ0) is 19.6. The molecule has 5 atom stereocenters. The summed E-state index contributed by atoms with van der Waals surface area (Å²) in [5.74, 6) is 0.354. The van der Waals surface area contributed by atoms with Crippen LogP contribution in [0.5, 0.6) is 11.6 Å². The van der Waals surface area contributed by atoms with Crippen LogP contribution in [-0.4, -0.2) is 58.2 Å². The number of nitrogens with zero attached hydrogens (tertiary/aromatic N) is 1. The first-order valence-corrected chi connectivity index (χ1v) is 9.56. The van der Waals surface area contributed by atoms with E-state index in [9.17, 15) is 23.2 Å². The van der Waals surface area contributed by atoms with Crippen molar-refractivity contribution in [3.63, 3.8) is 0 Å². The zero-order valence-corrected chi connectivity index (χ0v) is 15.1. The Balaban J connectivity index is 1.89. The molecule has 1 aromatic carbocycles. The number of aromatic nitrogens is 1. The number of hydrogen-bond acceptors (Lipinski definition) is 8. The highest BCUT2D eigenvalue weighted by Gasteiger charge is 2.52. The fourth-order valence-corrected chi connectivity index (χ4v) is 3.40. The Hall–Kier alpha value is -2.24. The van der Waals surface area contributed by atoms with Crippen molar-refractivity contribution in [3.05, 3.63) is 54.2 Å². The van der Waals surface area contributed by atoms with E-state index in [1.807, 2.05) is 0 Å². The predicted octanol–water partition coefficient (Wildman–Crippen LogP) is 0.508. The first kappa shape index (κ1) is 19.5. The van der Waals surface area contributed by atoms with Gasteiger partial charge in [0.2, 0.25) is 17.6 Å². The molecule has 2 heterocycles. The van der Waals surface area contributed by atoms with Crippen LogP contribution < -0.4 is 9.47 Å². The van der Waals surface area contributed by atoms with E-state index in [2.05, 4.69) is 4.98 Å². The van der Waals surface area contributed by atoms with Crippen LogP contribution in [0, 0.1) is 6.92 Å². The summed E-state index contributed by atoms with van der Waals surface area (Å²) in [6.45, 7) is 1.71. The van der Waals surface area contributed by atoms with Gasteiger partial charge in [-0.1, -0.05) is 24.3 Å². The number of hydrogen-bond donors (Lipinski definition) is 3. The fraction of sp³-hybridized carbons (Fsp3) is 0.353. The number of pyridine rings is 1. The van der Waals surface area contributed by atoms with Crippen molar-refractivity contribution >= 4 is 10.1 Å². The van der Waals surface area contributed by atoms with Gasteiger partial charge < -0.3 is 24.4 Å². The minimum atomic E-state index is -4.82. The number of benzene rings is 1. The minimum Gasteiger partial charge on any atom is -0.468 e. The fourth-order valence-electron chi connectivity index (χ4n) is 2.64. The van der Waals surface area contributed by atoms with Crippen LogP contribution in [0.3, 0.4) is 0 Å². The molecule has 1 fully saturated rings. The van der Waals surface area contributed by atoms with Gasteiger partial charge in [-0.3, -0.25) is 4.55 Å². The van der Waals surface area contributed by atoms with Crippen LogP contribution in [0.15, 0.2) is 48.5 Å². The quantitative estimate of drug-likeness (QED) is 0.617. The molecule has 10 heteroatoms. The molecule has 1 aliphatic rings. The molecule has 3 rings (SSSR count). The summed E-state index contributed by atoms with van der Waals surface area (Å²) >= 11 is 0. The second-order valence-corrected chi connectivity index (χ2v) is 7.49. The van der Waals surface area contributed by atoms with E-state index in [0.717, 1.165) is 0 Å². The molecule has 0 spiro atoms. The number of ether oxygens (including phenoxy) is 3. The number of para-hydroxylation sites is 1. The molecule has 1 aromatic heterocycles. The molecule has 1 saturated heterocycles. The number of aryl methyl sites for hydroxylation is 1. The van der Waals surface area contributed by atoms with Crippen molar-refractivity contribution in [3.8, 4) is 11.6 Å². The summed E-state index contributed by atoms with van der Waals surface area (Å²) in [7, 11) is -4.82. The Morgan fingerprint density at radius 2 is 1.70 bits per heavy atom. The zero-order valence-electron chi connectivity index (χ0n) is 14.2. The number of rotatable bonds is 5. The van der Waals surface area contributed by atoms with Gasteiger partial charge in [-0.25, -0.2) is 4.98 Å². The Kier molecular flexibility index (Phi) is 5.63. The Bertz CT molecular complexity index is 876. The first-order valence-electron chi connectivity index (χ1n) is 8.05. The lowest BCUT2D eigenvalue weighted by atomic mass is 10.0. The van der Waals surface area contributed by atoms with Crippen LogP contribution >= 0.6 is 0 Å². The molecule has 2 aromatic rings. The lowest BCUT2D eigenvalue weighted by Gasteiger charge is -2.40. The van der Waals surface area contributed by atoms with E-state index in [0.29, 0.717) is 11.4 Å². The van der Waals surface area contributed by atoms with E-state index in [4.69, 9.17) is 14.2 Å². The van der Waals surface area contributed by atoms with Crippen molar-refractivity contribution < 1.29 is 37.4 Å². The minimum absolute atomic E-state index is 0.0625. The topological polar surface area (TPSA) is 135 Å². The molecule has 9 nitrogen and oxygen atoms in total. The molecule has 0 amide bonds. The Morgan fingerprint density at radius 1 is 1.00 bits per heavy atom. The Labute approximate surface area is 155 Å². The maximum Gasteiger partial charge on any atom is 0.295 e. The van der Waals surface area contributed by atoms with E-state index < -0.39 is 40.2 Å². The maximum atomic E-state index is 11.6. The molecule has 146 valence electrons. The maximum absolute atomic E-state index is 11.6. The van der Waals surface area contributed by atoms with Gasteiger partial charge in [0.1, 0.15) is 11.9 Å². The molecule has 0 saturated carbocycles. The first-order chi connectivity index (χ1) is 12.8. The summed E-state index contributed by atoms with van der Waals surface area (Å²) in [4.78, 5) is 4.09. The van der Waals surface area contributed by atoms with Crippen LogP contribution in [0.4, 0.5) is 0 Å². The molecule has 27 heavy (non-hydrogen) atoms. The normalized spacial score (nSPS) is 28.5. The molecular weight excluding hydrogens is 378 g/mol. The molecule has 0 bridgehead atoms. The third-order valence-electron chi connectivity index (χ3n) is 3.91. The lowest BCUT2D eigenvalue weighted by molar-refractivity contribution is -0.249. The van der Waals surface area contributed by atoms with Crippen LogP contribution in [0.2, 0.25) is 0 Å². The van der Waals surface area contributed by atoms with Crippen molar-refractivity contribution in [1.29, 1.82) is 0 Å². The monoisotopic (exact) mass is 397 g/mol. The van der Waals surface area contributed by atoms with Crippen molar-refractivity contribution in [2.24, 2.45) is 0 Å². The summed E-state index contributed by atoms with van der Waals surface area (Å²) in [6, 6.07) is 13.1. The van der Waals surface area contributed by atoms with E-state index in [1.165, 1.54) is 6.07 Å². The van der Waals surface area contributed by atoms with E-state index >= 15 is 0 Å². The van der Waals surface area contributed by atoms with Crippen LogP contribution in [-0.2, 0) is 14.9 Å². The van der Waals surface area contributed by atoms with E-state index in [1.54, 1.807) is 49.4 Å². The summed E-state index contributed by atoms with van der Waals surface area (Å²) in [6.07, 6.45) is -6.44. The number of aliphatic hydroxyl groups excluding tert-OH is 2. The van der Waals surface area contributed by atoms with Crippen LogP contribution in [0.25, 0.3) is 0 Å². The van der Waals surface area contributed by atoms with Gasteiger partial charge in [0.15, 0.2) is 12.2 Å². The highest BCUT2D eigenvalue weighted by atomic mass is 32.2. The second-order valence-electron chi connectivity index (χ2n) is 6.00. The second kappa shape index (κ2) is 7.79. The highest BCUT2D eigenvalue weighted by molar-refractivity contribution is 7.86. The van der Waals surface area contributed by atoms with Gasteiger partial charge in [0, 0.05) is 11.8 Å². The Morgan fingerprint density at radius 3 is 2.33 bits per heavy atom.